The van der Waals surface area contributed by atoms with Gasteiger partial charge in [-0.2, -0.15) is 0 Å². The Kier molecular flexibility index (Phi) is 5.00. The first-order valence-electron chi connectivity index (χ1n) is 10.0. The highest BCUT2D eigenvalue weighted by Gasteiger charge is 2.60. The molecule has 1 N–H and O–H groups in total. The van der Waals surface area contributed by atoms with E-state index in [0.717, 1.165) is 4.90 Å². The fourth-order valence-electron chi connectivity index (χ4n) is 4.28. The zero-order valence-corrected chi connectivity index (χ0v) is 17.8. The maximum Gasteiger partial charge on any atom is 0.266 e. The van der Waals surface area contributed by atoms with E-state index < -0.39 is 24.0 Å². The number of aromatic hydroxyl groups is 1. The number of hydroxylamine groups is 1. The third-order valence-corrected chi connectivity index (χ3v) is 6.01. The smallest absolute Gasteiger partial charge is 0.266 e. The average Bonchev–Trinajstić information content (AvgIpc) is 3.32. The minimum Gasteiger partial charge on any atom is -0.504 e. The Morgan fingerprint density at radius 2 is 1.66 bits per heavy atom. The largest absolute Gasteiger partial charge is 0.504 e. The first-order chi connectivity index (χ1) is 15.5. The van der Waals surface area contributed by atoms with Gasteiger partial charge in [0, 0.05) is 5.02 Å². The summed E-state index contributed by atoms with van der Waals surface area (Å²) < 4.78 is 5.26. The van der Waals surface area contributed by atoms with E-state index in [-0.39, 0.29) is 17.4 Å². The summed E-state index contributed by atoms with van der Waals surface area (Å²) in [5.41, 5.74) is 1.82. The fraction of sp³-hybridized carbons (Fsp3) is 0.167. The molecule has 2 saturated heterocycles. The second-order valence-corrected chi connectivity index (χ2v) is 8.01. The molecule has 0 spiro atoms. The summed E-state index contributed by atoms with van der Waals surface area (Å²) in [6.07, 6.45) is -0.983. The van der Waals surface area contributed by atoms with Gasteiger partial charge in [-0.1, -0.05) is 35.9 Å². The van der Waals surface area contributed by atoms with Crippen LogP contribution in [0.5, 0.6) is 11.5 Å². The van der Waals surface area contributed by atoms with Gasteiger partial charge in [0.2, 0.25) is 5.91 Å². The van der Waals surface area contributed by atoms with E-state index >= 15 is 0 Å². The Hall–Kier alpha value is -3.55. The number of ether oxygens (including phenoxy) is 1. The van der Waals surface area contributed by atoms with Gasteiger partial charge < -0.3 is 9.84 Å². The number of phenolic OH excluding ortho intramolecular Hbond substituents is 1. The molecule has 2 fully saturated rings. The van der Waals surface area contributed by atoms with Gasteiger partial charge >= 0.3 is 0 Å². The number of fused-ring (bicyclic) bond motifs is 1. The molecule has 0 unspecified atom stereocenters. The highest BCUT2D eigenvalue weighted by atomic mass is 35.5. The van der Waals surface area contributed by atoms with E-state index in [1.54, 1.807) is 41.5 Å². The van der Waals surface area contributed by atoms with Crippen molar-refractivity contribution in [1.82, 2.24) is 0 Å². The molecular formula is C24H19ClN2O5. The number of methoxy groups -OCH3 is 1. The topological polar surface area (TPSA) is 79.3 Å². The molecule has 0 bridgehead atoms. The number of halogens is 1. The summed E-state index contributed by atoms with van der Waals surface area (Å²) in [7, 11) is 1.45. The number of amides is 2. The Bertz CT molecular complexity index is 1180. The molecule has 162 valence electrons. The Morgan fingerprint density at radius 3 is 2.34 bits per heavy atom. The molecule has 8 heteroatoms. The number of anilines is 2. The van der Waals surface area contributed by atoms with E-state index in [1.165, 1.54) is 13.2 Å². The van der Waals surface area contributed by atoms with Gasteiger partial charge in [0.1, 0.15) is 5.92 Å². The lowest BCUT2D eigenvalue weighted by molar-refractivity contribution is -0.126. The minimum atomic E-state index is -0.983. The molecule has 0 radical (unpaired) electrons. The van der Waals surface area contributed by atoms with Gasteiger partial charge in [-0.15, -0.1) is 0 Å². The summed E-state index contributed by atoms with van der Waals surface area (Å²) >= 11 is 5.97. The molecule has 3 aromatic carbocycles. The van der Waals surface area contributed by atoms with Crippen LogP contribution >= 0.6 is 11.6 Å². The first kappa shape index (κ1) is 20.4. The second-order valence-electron chi connectivity index (χ2n) is 7.58. The molecule has 2 aliphatic rings. The number of carbonyl (C=O) groups is 2. The van der Waals surface area contributed by atoms with Gasteiger partial charge in [0.05, 0.1) is 24.5 Å². The standard InChI is InChI=1S/C24H19ClN2O5/c1-31-19-13-14(7-12-18(19)28)21-20-22(32-27(21)17-5-3-2-4-6-17)24(30)26(23(20)29)16-10-8-15(25)9-11-16/h2-13,20-22,28H,1H3/t20-,21-,22-/m0/s1. The average molecular weight is 451 g/mol. The van der Waals surface area contributed by atoms with Crippen LogP contribution < -0.4 is 14.7 Å². The highest BCUT2D eigenvalue weighted by molar-refractivity contribution is 6.31. The molecule has 0 saturated carbocycles. The summed E-state index contributed by atoms with van der Waals surface area (Å²) in [4.78, 5) is 34.1. The SMILES string of the molecule is COc1cc([C@H]2[C@@H]3C(=O)N(c4ccc(Cl)cc4)C(=O)[C@H]3ON2c2ccccc2)ccc1O. The van der Waals surface area contributed by atoms with E-state index in [1.807, 2.05) is 30.3 Å². The van der Waals surface area contributed by atoms with Crippen LogP contribution in [0.2, 0.25) is 5.02 Å². The van der Waals surface area contributed by atoms with E-state index in [4.69, 9.17) is 21.2 Å². The van der Waals surface area contributed by atoms with Crippen molar-refractivity contribution in [2.75, 3.05) is 17.1 Å². The maximum atomic E-state index is 13.5. The Balaban J connectivity index is 1.60. The third-order valence-electron chi connectivity index (χ3n) is 5.76. The second kappa shape index (κ2) is 7.85. The van der Waals surface area contributed by atoms with Crippen molar-refractivity contribution in [2.24, 2.45) is 5.92 Å². The zero-order valence-electron chi connectivity index (χ0n) is 17.0. The Labute approximate surface area is 189 Å². The number of rotatable bonds is 4. The normalized spacial score (nSPS) is 22.4. The van der Waals surface area contributed by atoms with Crippen molar-refractivity contribution < 1.29 is 24.3 Å². The van der Waals surface area contributed by atoms with Crippen molar-refractivity contribution >= 4 is 34.8 Å². The molecule has 2 amide bonds. The van der Waals surface area contributed by atoms with Crippen LogP contribution in [0.1, 0.15) is 11.6 Å². The number of hydrogen-bond donors (Lipinski definition) is 1. The van der Waals surface area contributed by atoms with Crippen LogP contribution in [-0.4, -0.2) is 30.1 Å². The van der Waals surface area contributed by atoms with Gasteiger partial charge in [-0.25, -0.2) is 9.96 Å². The van der Waals surface area contributed by atoms with Crippen LogP contribution in [-0.2, 0) is 14.4 Å². The lowest BCUT2D eigenvalue weighted by Gasteiger charge is -2.29. The fourth-order valence-corrected chi connectivity index (χ4v) is 4.40. The van der Waals surface area contributed by atoms with Crippen molar-refractivity contribution in [3.05, 3.63) is 83.4 Å². The predicted octanol–water partition coefficient (Wildman–Crippen LogP) is 4.11. The minimum absolute atomic E-state index is 0.0189. The van der Waals surface area contributed by atoms with Gasteiger partial charge in [0.15, 0.2) is 17.6 Å². The van der Waals surface area contributed by atoms with Gasteiger partial charge in [-0.3, -0.25) is 14.4 Å². The maximum absolute atomic E-state index is 13.5. The summed E-state index contributed by atoms with van der Waals surface area (Å²) in [5, 5.41) is 12.1. The molecule has 5 rings (SSSR count). The number of nitrogens with zero attached hydrogens (tertiary/aromatic N) is 2. The van der Waals surface area contributed by atoms with Crippen LogP contribution in [0.25, 0.3) is 0 Å². The molecule has 2 aliphatic heterocycles. The van der Waals surface area contributed by atoms with Crippen molar-refractivity contribution in [1.29, 1.82) is 0 Å². The predicted molar refractivity (Wildman–Crippen MR) is 119 cm³/mol. The van der Waals surface area contributed by atoms with Crippen molar-refractivity contribution in [2.45, 2.75) is 12.1 Å². The molecule has 0 aliphatic carbocycles. The third kappa shape index (κ3) is 3.18. The molecule has 0 aromatic heterocycles. The summed E-state index contributed by atoms with van der Waals surface area (Å²) in [6.45, 7) is 0. The monoisotopic (exact) mass is 450 g/mol. The molecule has 32 heavy (non-hydrogen) atoms. The number of para-hydroxylation sites is 1. The van der Waals surface area contributed by atoms with Crippen molar-refractivity contribution in [3.63, 3.8) is 0 Å². The zero-order chi connectivity index (χ0) is 22.4. The van der Waals surface area contributed by atoms with Crippen molar-refractivity contribution in [3.8, 4) is 11.5 Å². The van der Waals surface area contributed by atoms with Crippen LogP contribution in [0.3, 0.4) is 0 Å². The van der Waals surface area contributed by atoms with E-state index in [0.29, 0.717) is 22.0 Å². The van der Waals surface area contributed by atoms with Crippen LogP contribution in [0.15, 0.2) is 72.8 Å². The van der Waals surface area contributed by atoms with Gasteiger partial charge in [0.25, 0.3) is 5.91 Å². The first-order valence-corrected chi connectivity index (χ1v) is 10.4. The van der Waals surface area contributed by atoms with E-state index in [2.05, 4.69) is 0 Å². The Morgan fingerprint density at radius 1 is 0.938 bits per heavy atom. The number of benzene rings is 3. The number of hydrogen-bond acceptors (Lipinski definition) is 6. The molecule has 3 aromatic rings. The molecule has 3 atom stereocenters. The van der Waals surface area contributed by atoms with Gasteiger partial charge in [-0.05, 0) is 54.1 Å². The molecular weight excluding hydrogens is 432 g/mol. The molecule has 7 nitrogen and oxygen atoms in total. The quantitative estimate of drug-likeness (QED) is 0.603. The lowest BCUT2D eigenvalue weighted by Crippen LogP contribution is -2.37. The van der Waals surface area contributed by atoms with E-state index in [9.17, 15) is 14.7 Å². The summed E-state index contributed by atoms with van der Waals surface area (Å²) in [5.74, 6) is -1.33. The number of carbonyl (C=O) groups excluding carboxylic acids is 2. The van der Waals surface area contributed by atoms with Crippen LogP contribution in [0, 0.1) is 5.92 Å². The highest BCUT2D eigenvalue weighted by Crippen LogP contribution is 2.48. The summed E-state index contributed by atoms with van der Waals surface area (Å²) in [6, 6.07) is 20.0. The lowest BCUT2D eigenvalue weighted by atomic mass is 9.90. The molecule has 2 heterocycles. The number of phenols is 1. The van der Waals surface area contributed by atoms with Crippen LogP contribution in [0.4, 0.5) is 11.4 Å². The number of imide groups is 1.